The number of pyridine rings is 1. The number of nitrogens with zero attached hydrogens (tertiary/aromatic N) is 2. The molecule has 1 atom stereocenters. The van der Waals surface area contributed by atoms with Crippen molar-refractivity contribution in [3.05, 3.63) is 59.9 Å². The lowest BCUT2D eigenvalue weighted by Crippen LogP contribution is -2.47. The summed E-state index contributed by atoms with van der Waals surface area (Å²) in [5, 5.41) is 2.92. The van der Waals surface area contributed by atoms with Crippen LogP contribution in [0.1, 0.15) is 16.1 Å². The molecule has 0 radical (unpaired) electrons. The molecule has 1 unspecified atom stereocenters. The molecule has 1 aromatic carbocycles. The smallest absolute Gasteiger partial charge is 0.255 e. The molecule has 0 spiro atoms. The number of hydrogen-bond acceptors (Lipinski definition) is 5. The highest BCUT2D eigenvalue weighted by molar-refractivity contribution is 7.99. The number of benzene rings is 1. The molecule has 26 heavy (non-hydrogen) atoms. The van der Waals surface area contributed by atoms with Gasteiger partial charge in [-0.1, -0.05) is 12.1 Å². The van der Waals surface area contributed by atoms with Crippen LogP contribution in [0.3, 0.4) is 0 Å². The second-order valence-electron chi connectivity index (χ2n) is 5.88. The van der Waals surface area contributed by atoms with Gasteiger partial charge in [0.1, 0.15) is 11.8 Å². The highest BCUT2D eigenvalue weighted by Crippen LogP contribution is 2.24. The predicted molar refractivity (Wildman–Crippen MR) is 101 cm³/mol. The Morgan fingerprint density at radius 1 is 1.31 bits per heavy atom. The normalized spacial score (nSPS) is 16.3. The maximum atomic E-state index is 12.8. The number of carbonyl (C=O) groups excluding carboxylic acids is 2. The van der Waals surface area contributed by atoms with Crippen molar-refractivity contribution in [3.63, 3.8) is 0 Å². The van der Waals surface area contributed by atoms with Gasteiger partial charge in [-0.15, -0.1) is 11.8 Å². The third-order valence-electron chi connectivity index (χ3n) is 4.17. The Hall–Kier alpha value is -2.54. The average Bonchev–Trinajstić information content (AvgIpc) is 3.18. The molecule has 1 aliphatic heterocycles. The molecule has 2 amide bonds. The second-order valence-corrected chi connectivity index (χ2v) is 6.88. The molecule has 2 heterocycles. The first kappa shape index (κ1) is 18.3. The van der Waals surface area contributed by atoms with E-state index in [0.717, 1.165) is 5.69 Å². The van der Waals surface area contributed by atoms with Gasteiger partial charge in [0.15, 0.2) is 0 Å². The maximum Gasteiger partial charge on any atom is 0.255 e. The van der Waals surface area contributed by atoms with Crippen LogP contribution in [0.15, 0.2) is 48.7 Å². The molecule has 1 saturated heterocycles. The molecular formula is C19H21N3O3S. The van der Waals surface area contributed by atoms with Crippen molar-refractivity contribution in [2.45, 2.75) is 12.5 Å². The van der Waals surface area contributed by atoms with E-state index in [9.17, 15) is 9.59 Å². The van der Waals surface area contributed by atoms with Crippen LogP contribution in [-0.2, 0) is 11.2 Å². The molecule has 136 valence electrons. The number of amides is 2. The van der Waals surface area contributed by atoms with Crippen molar-refractivity contribution in [2.75, 3.05) is 25.3 Å². The Morgan fingerprint density at radius 2 is 2.19 bits per heavy atom. The fourth-order valence-electron chi connectivity index (χ4n) is 2.76. The fraction of sp³-hybridized carbons (Fsp3) is 0.316. The SMILES string of the molecule is COc1cccc(C(=O)N2CSCC2C(=O)NCCc2ccccn2)c1. The summed E-state index contributed by atoms with van der Waals surface area (Å²) in [6, 6.07) is 12.3. The highest BCUT2D eigenvalue weighted by Gasteiger charge is 2.35. The first-order chi connectivity index (χ1) is 12.7. The van der Waals surface area contributed by atoms with Crippen molar-refractivity contribution >= 4 is 23.6 Å². The van der Waals surface area contributed by atoms with Crippen molar-refractivity contribution in [1.29, 1.82) is 0 Å². The number of rotatable bonds is 6. The van der Waals surface area contributed by atoms with E-state index in [1.54, 1.807) is 54.2 Å². The summed E-state index contributed by atoms with van der Waals surface area (Å²) in [6.07, 6.45) is 2.40. The molecule has 1 fully saturated rings. The first-order valence-corrected chi connectivity index (χ1v) is 9.55. The van der Waals surface area contributed by atoms with Gasteiger partial charge in [-0.3, -0.25) is 14.6 Å². The highest BCUT2D eigenvalue weighted by atomic mass is 32.2. The van der Waals surface area contributed by atoms with Gasteiger partial charge in [0, 0.05) is 36.2 Å². The molecule has 3 rings (SSSR count). The second kappa shape index (κ2) is 8.71. The van der Waals surface area contributed by atoms with E-state index >= 15 is 0 Å². The molecule has 1 aromatic heterocycles. The van der Waals surface area contributed by atoms with Gasteiger partial charge in [-0.05, 0) is 30.3 Å². The molecule has 1 N–H and O–H groups in total. The monoisotopic (exact) mass is 371 g/mol. The van der Waals surface area contributed by atoms with E-state index < -0.39 is 6.04 Å². The topological polar surface area (TPSA) is 71.5 Å². The average molecular weight is 371 g/mol. The summed E-state index contributed by atoms with van der Waals surface area (Å²) in [7, 11) is 1.56. The summed E-state index contributed by atoms with van der Waals surface area (Å²) in [6.45, 7) is 0.498. The van der Waals surface area contributed by atoms with Gasteiger partial charge in [0.25, 0.3) is 5.91 Å². The zero-order valence-electron chi connectivity index (χ0n) is 14.6. The zero-order valence-corrected chi connectivity index (χ0v) is 15.4. The quantitative estimate of drug-likeness (QED) is 0.841. The standard InChI is InChI=1S/C19H21N3O3S/c1-25-16-7-4-5-14(11-16)19(24)22-13-26-12-17(22)18(23)21-10-8-15-6-2-3-9-20-15/h2-7,9,11,17H,8,10,12-13H2,1H3,(H,21,23). The molecule has 7 heteroatoms. The lowest BCUT2D eigenvalue weighted by atomic mass is 10.1. The lowest BCUT2D eigenvalue weighted by Gasteiger charge is -2.23. The summed E-state index contributed by atoms with van der Waals surface area (Å²) in [5.74, 6) is 1.46. The van der Waals surface area contributed by atoms with E-state index in [1.807, 2.05) is 18.2 Å². The van der Waals surface area contributed by atoms with Crippen LogP contribution in [0.25, 0.3) is 0 Å². The van der Waals surface area contributed by atoms with E-state index in [4.69, 9.17) is 4.74 Å². The number of nitrogens with one attached hydrogen (secondary N) is 1. The largest absolute Gasteiger partial charge is 0.497 e. The van der Waals surface area contributed by atoms with Crippen LogP contribution in [0.2, 0.25) is 0 Å². The summed E-state index contributed by atoms with van der Waals surface area (Å²) in [5.41, 5.74) is 1.45. The number of hydrogen-bond donors (Lipinski definition) is 1. The molecular weight excluding hydrogens is 350 g/mol. The minimum atomic E-state index is -0.456. The van der Waals surface area contributed by atoms with Gasteiger partial charge < -0.3 is 15.0 Å². The zero-order chi connectivity index (χ0) is 18.4. The van der Waals surface area contributed by atoms with E-state index in [1.165, 1.54) is 0 Å². The van der Waals surface area contributed by atoms with Gasteiger partial charge in [-0.2, -0.15) is 0 Å². The molecule has 0 saturated carbocycles. The first-order valence-electron chi connectivity index (χ1n) is 8.39. The summed E-state index contributed by atoms with van der Waals surface area (Å²) in [4.78, 5) is 31.2. The van der Waals surface area contributed by atoms with Crippen LogP contribution in [-0.4, -0.2) is 53.0 Å². The molecule has 0 aliphatic carbocycles. The summed E-state index contributed by atoms with van der Waals surface area (Å²) >= 11 is 1.58. The van der Waals surface area contributed by atoms with E-state index in [2.05, 4.69) is 10.3 Å². The Labute approximate surface area is 156 Å². The van der Waals surface area contributed by atoms with Crippen molar-refractivity contribution in [1.82, 2.24) is 15.2 Å². The maximum absolute atomic E-state index is 12.8. The van der Waals surface area contributed by atoms with Gasteiger partial charge in [0.05, 0.1) is 13.0 Å². The fourth-order valence-corrected chi connectivity index (χ4v) is 3.91. The van der Waals surface area contributed by atoms with Crippen LogP contribution < -0.4 is 10.1 Å². The van der Waals surface area contributed by atoms with Gasteiger partial charge in [-0.25, -0.2) is 0 Å². The van der Waals surface area contributed by atoms with Gasteiger partial charge >= 0.3 is 0 Å². The number of ether oxygens (including phenoxy) is 1. The van der Waals surface area contributed by atoms with Crippen LogP contribution in [0.5, 0.6) is 5.75 Å². The van der Waals surface area contributed by atoms with Crippen molar-refractivity contribution in [3.8, 4) is 5.75 Å². The Balaban J connectivity index is 1.59. The predicted octanol–water partition coefficient (Wildman–Crippen LogP) is 1.96. The van der Waals surface area contributed by atoms with E-state index in [-0.39, 0.29) is 11.8 Å². The number of thioether (sulfide) groups is 1. The summed E-state index contributed by atoms with van der Waals surface area (Å²) < 4.78 is 5.18. The van der Waals surface area contributed by atoms with Crippen molar-refractivity contribution in [2.24, 2.45) is 0 Å². The van der Waals surface area contributed by atoms with Crippen LogP contribution in [0.4, 0.5) is 0 Å². The number of carbonyl (C=O) groups is 2. The molecule has 2 aromatic rings. The van der Waals surface area contributed by atoms with Crippen LogP contribution in [0, 0.1) is 0 Å². The van der Waals surface area contributed by atoms with E-state index in [0.29, 0.717) is 35.9 Å². The van der Waals surface area contributed by atoms with Crippen LogP contribution >= 0.6 is 11.8 Å². The third-order valence-corrected chi connectivity index (χ3v) is 5.18. The minimum absolute atomic E-state index is 0.123. The Morgan fingerprint density at radius 3 is 2.96 bits per heavy atom. The number of aromatic nitrogens is 1. The third kappa shape index (κ3) is 4.35. The Kier molecular flexibility index (Phi) is 6.12. The van der Waals surface area contributed by atoms with Gasteiger partial charge in [0.2, 0.25) is 5.91 Å². The molecule has 6 nitrogen and oxygen atoms in total. The molecule has 1 aliphatic rings. The van der Waals surface area contributed by atoms with Crippen molar-refractivity contribution < 1.29 is 14.3 Å². The minimum Gasteiger partial charge on any atom is -0.497 e. The Bertz CT molecular complexity index is 770. The number of methoxy groups -OCH3 is 1. The lowest BCUT2D eigenvalue weighted by molar-refractivity contribution is -0.124. The molecule has 0 bridgehead atoms.